The van der Waals surface area contributed by atoms with Crippen LogP contribution in [0.1, 0.15) is 64.5 Å². The lowest BCUT2D eigenvalue weighted by molar-refractivity contribution is -0.123. The van der Waals surface area contributed by atoms with E-state index in [0.29, 0.717) is 5.69 Å². The highest BCUT2D eigenvalue weighted by Gasteiger charge is 2.36. The first kappa shape index (κ1) is 22.1. The van der Waals surface area contributed by atoms with Crippen molar-refractivity contribution in [1.82, 2.24) is 14.9 Å². The van der Waals surface area contributed by atoms with Crippen LogP contribution in [0.15, 0.2) is 47.8 Å². The van der Waals surface area contributed by atoms with Crippen LogP contribution < -0.4 is 10.2 Å². The molecule has 1 aliphatic carbocycles. The summed E-state index contributed by atoms with van der Waals surface area (Å²) in [5.74, 6) is -0.505. The molecule has 1 N–H and O–H groups in total. The zero-order valence-corrected chi connectivity index (χ0v) is 19.5. The monoisotopic (exact) mass is 448 g/mol. The van der Waals surface area contributed by atoms with E-state index in [1.807, 2.05) is 63.2 Å². The lowest BCUT2D eigenvalue weighted by atomic mass is 9.99. The molecule has 0 unspecified atom stereocenters. The number of benzene rings is 2. The molecule has 0 saturated heterocycles. The van der Waals surface area contributed by atoms with Crippen LogP contribution in [-0.4, -0.2) is 27.4 Å². The van der Waals surface area contributed by atoms with Gasteiger partial charge in [-0.25, -0.2) is 0 Å². The van der Waals surface area contributed by atoms with Gasteiger partial charge in [-0.1, -0.05) is 64.9 Å². The summed E-state index contributed by atoms with van der Waals surface area (Å²) in [5, 5.41) is 8.84. The molecule has 6 nitrogen and oxygen atoms in total. The van der Waals surface area contributed by atoms with E-state index in [1.54, 1.807) is 10.3 Å². The number of aryl methyl sites for hydroxylation is 3. The van der Waals surface area contributed by atoms with E-state index in [-0.39, 0.29) is 23.6 Å². The molecule has 4 rings (SSSR count). The Morgan fingerprint density at radius 1 is 1.03 bits per heavy atom. The molecule has 2 aromatic carbocycles. The molecule has 1 fully saturated rings. The number of nitrogens with one attached hydrogen (secondary N) is 1. The third-order valence-corrected chi connectivity index (χ3v) is 6.52. The van der Waals surface area contributed by atoms with Gasteiger partial charge in [-0.15, -0.1) is 5.10 Å². The van der Waals surface area contributed by atoms with Crippen LogP contribution >= 0.6 is 11.5 Å². The molecule has 2 amide bonds. The van der Waals surface area contributed by atoms with Crippen LogP contribution in [0.3, 0.4) is 0 Å². The van der Waals surface area contributed by atoms with Crippen molar-refractivity contribution in [2.45, 2.75) is 58.5 Å². The molecule has 1 atom stereocenters. The summed E-state index contributed by atoms with van der Waals surface area (Å²) in [5.41, 5.74) is 4.81. The summed E-state index contributed by atoms with van der Waals surface area (Å²) < 4.78 is 3.87. The minimum absolute atomic E-state index is 0.146. The number of hydrogen-bond donors (Lipinski definition) is 1. The lowest BCUT2D eigenvalue weighted by Crippen LogP contribution is -2.46. The van der Waals surface area contributed by atoms with Crippen molar-refractivity contribution in [1.29, 1.82) is 0 Å². The number of amides is 2. The van der Waals surface area contributed by atoms with E-state index in [9.17, 15) is 9.59 Å². The van der Waals surface area contributed by atoms with Crippen LogP contribution in [0, 0.1) is 20.8 Å². The van der Waals surface area contributed by atoms with Gasteiger partial charge in [0.15, 0.2) is 5.69 Å². The van der Waals surface area contributed by atoms with Gasteiger partial charge in [0.1, 0.15) is 6.04 Å². The fourth-order valence-electron chi connectivity index (χ4n) is 4.34. The zero-order chi connectivity index (χ0) is 22.7. The molecular weight excluding hydrogens is 420 g/mol. The molecule has 32 heavy (non-hydrogen) atoms. The van der Waals surface area contributed by atoms with Gasteiger partial charge in [-0.3, -0.25) is 14.5 Å². The van der Waals surface area contributed by atoms with Crippen molar-refractivity contribution >= 4 is 29.0 Å². The fraction of sp³-hybridized carbons (Fsp3) is 0.360. The Morgan fingerprint density at radius 2 is 1.72 bits per heavy atom. The first-order valence-electron chi connectivity index (χ1n) is 11.0. The van der Waals surface area contributed by atoms with Crippen molar-refractivity contribution in [3.05, 3.63) is 75.8 Å². The highest BCUT2D eigenvalue weighted by Crippen LogP contribution is 2.33. The Labute approximate surface area is 192 Å². The maximum atomic E-state index is 13.7. The van der Waals surface area contributed by atoms with Crippen LogP contribution in [0.25, 0.3) is 0 Å². The fourth-order valence-corrected chi connectivity index (χ4v) is 4.77. The van der Waals surface area contributed by atoms with Gasteiger partial charge >= 0.3 is 0 Å². The largest absolute Gasteiger partial charge is 0.351 e. The second-order valence-corrected chi connectivity index (χ2v) is 9.17. The first-order valence-corrected chi connectivity index (χ1v) is 11.8. The van der Waals surface area contributed by atoms with E-state index in [2.05, 4.69) is 14.9 Å². The Bertz CT molecular complexity index is 1090. The lowest BCUT2D eigenvalue weighted by Gasteiger charge is -2.33. The average Bonchev–Trinajstić information content (AvgIpc) is 3.47. The standard InChI is InChI=1S/C25H28N4O2S/c1-16-8-11-19(12-9-16)23(24(30)26-20-6-4-5-7-20)29(25(31)21-15-32-28-27-21)22-13-10-17(2)14-18(22)3/h8-15,20,23H,4-7H2,1-3H3,(H,26,30)/t23-/m1/s1. The maximum Gasteiger partial charge on any atom is 0.280 e. The summed E-state index contributed by atoms with van der Waals surface area (Å²) in [4.78, 5) is 29.0. The Balaban J connectivity index is 1.83. The van der Waals surface area contributed by atoms with Crippen molar-refractivity contribution in [2.75, 3.05) is 4.90 Å². The first-order chi connectivity index (χ1) is 15.4. The summed E-state index contributed by atoms with van der Waals surface area (Å²) in [6.07, 6.45) is 4.18. The van der Waals surface area contributed by atoms with Gasteiger partial charge in [0.25, 0.3) is 5.91 Å². The van der Waals surface area contributed by atoms with Crippen molar-refractivity contribution in [3.63, 3.8) is 0 Å². The Morgan fingerprint density at radius 3 is 2.34 bits per heavy atom. The van der Waals surface area contributed by atoms with Gasteiger partial charge in [0, 0.05) is 17.1 Å². The van der Waals surface area contributed by atoms with E-state index in [1.165, 1.54) is 0 Å². The molecule has 1 aliphatic rings. The number of rotatable bonds is 6. The average molecular weight is 449 g/mol. The summed E-state index contributed by atoms with van der Waals surface area (Å²) in [7, 11) is 0. The van der Waals surface area contributed by atoms with Crippen molar-refractivity contribution in [3.8, 4) is 0 Å². The van der Waals surface area contributed by atoms with Gasteiger partial charge in [0.05, 0.1) is 0 Å². The third-order valence-electron chi connectivity index (χ3n) is 6.01. The summed E-state index contributed by atoms with van der Waals surface area (Å²) in [6, 6.07) is 13.0. The predicted octanol–water partition coefficient (Wildman–Crippen LogP) is 4.91. The van der Waals surface area contributed by atoms with Crippen LogP contribution in [-0.2, 0) is 4.79 Å². The molecule has 0 radical (unpaired) electrons. The summed E-state index contributed by atoms with van der Waals surface area (Å²) in [6.45, 7) is 5.98. The van der Waals surface area contributed by atoms with E-state index < -0.39 is 6.04 Å². The topological polar surface area (TPSA) is 75.2 Å². The van der Waals surface area contributed by atoms with E-state index in [0.717, 1.165) is 59.5 Å². The van der Waals surface area contributed by atoms with Gasteiger partial charge < -0.3 is 5.32 Å². The SMILES string of the molecule is Cc1ccc([C@H](C(=O)NC2CCCC2)N(C(=O)c2csnn2)c2ccc(C)cc2C)cc1. The highest BCUT2D eigenvalue weighted by molar-refractivity contribution is 7.03. The number of aromatic nitrogens is 2. The molecule has 0 bridgehead atoms. The van der Waals surface area contributed by atoms with Crippen molar-refractivity contribution in [2.24, 2.45) is 0 Å². The third kappa shape index (κ3) is 4.72. The number of carbonyl (C=O) groups excluding carboxylic acids is 2. The Hall–Kier alpha value is -3.06. The molecular formula is C25H28N4O2S. The molecule has 1 heterocycles. The van der Waals surface area contributed by atoms with Gasteiger partial charge in [-0.2, -0.15) is 0 Å². The number of carbonyl (C=O) groups is 2. The second-order valence-electron chi connectivity index (χ2n) is 8.56. The molecule has 3 aromatic rings. The molecule has 0 aliphatic heterocycles. The van der Waals surface area contributed by atoms with Gasteiger partial charge in [-0.05, 0) is 62.3 Å². The minimum atomic E-state index is -0.813. The number of anilines is 1. The molecule has 0 spiro atoms. The molecule has 1 saturated carbocycles. The highest BCUT2D eigenvalue weighted by atomic mass is 32.1. The van der Waals surface area contributed by atoms with E-state index >= 15 is 0 Å². The number of nitrogens with zero attached hydrogens (tertiary/aromatic N) is 3. The molecule has 1 aromatic heterocycles. The molecule has 166 valence electrons. The smallest absolute Gasteiger partial charge is 0.280 e. The van der Waals surface area contributed by atoms with E-state index in [4.69, 9.17) is 0 Å². The van der Waals surface area contributed by atoms with Crippen LogP contribution in [0.5, 0.6) is 0 Å². The normalized spacial score (nSPS) is 14.8. The maximum absolute atomic E-state index is 13.7. The second kappa shape index (κ2) is 9.61. The van der Waals surface area contributed by atoms with Gasteiger partial charge in [0.2, 0.25) is 5.91 Å². The van der Waals surface area contributed by atoms with Crippen LogP contribution in [0.4, 0.5) is 5.69 Å². The zero-order valence-electron chi connectivity index (χ0n) is 18.7. The number of hydrogen-bond acceptors (Lipinski definition) is 5. The molecule has 7 heteroatoms. The minimum Gasteiger partial charge on any atom is -0.351 e. The summed E-state index contributed by atoms with van der Waals surface area (Å²) >= 11 is 1.12. The predicted molar refractivity (Wildman–Crippen MR) is 127 cm³/mol. The Kier molecular flexibility index (Phi) is 6.65. The quantitative estimate of drug-likeness (QED) is 0.581. The van der Waals surface area contributed by atoms with Crippen molar-refractivity contribution < 1.29 is 9.59 Å². The van der Waals surface area contributed by atoms with Crippen LogP contribution in [0.2, 0.25) is 0 Å².